The summed E-state index contributed by atoms with van der Waals surface area (Å²) in [6.45, 7) is 0. The molecular formula is C8H12NO2. The molecule has 2 atom stereocenters. The summed E-state index contributed by atoms with van der Waals surface area (Å²) in [7, 11) is 0. The summed E-state index contributed by atoms with van der Waals surface area (Å²) in [5, 5.41) is 8.85. The first-order chi connectivity index (χ1) is 5.13. The molecule has 3 N–H and O–H groups in total. The largest absolute Gasteiger partial charge is 0.480 e. The molecule has 2 saturated carbocycles. The molecule has 0 spiro atoms. The van der Waals surface area contributed by atoms with Gasteiger partial charge in [-0.3, -0.25) is 4.79 Å². The van der Waals surface area contributed by atoms with Crippen molar-refractivity contribution < 1.29 is 9.90 Å². The number of nitrogens with two attached hydrogens (primary N) is 1. The van der Waals surface area contributed by atoms with Crippen LogP contribution < -0.4 is 5.73 Å². The van der Waals surface area contributed by atoms with Gasteiger partial charge >= 0.3 is 5.97 Å². The van der Waals surface area contributed by atoms with Gasteiger partial charge in [-0.2, -0.15) is 0 Å². The van der Waals surface area contributed by atoms with Gasteiger partial charge in [0.1, 0.15) is 5.54 Å². The lowest BCUT2D eigenvalue weighted by Crippen LogP contribution is -2.51. The molecule has 2 fully saturated rings. The second-order valence-corrected chi connectivity index (χ2v) is 3.69. The van der Waals surface area contributed by atoms with Crippen LogP contribution in [0.1, 0.15) is 25.7 Å². The lowest BCUT2D eigenvalue weighted by molar-refractivity contribution is -0.142. The second-order valence-electron chi connectivity index (χ2n) is 3.69. The number of rotatable bonds is 1. The summed E-state index contributed by atoms with van der Waals surface area (Å²) in [6, 6.07) is 0. The molecule has 1 radical (unpaired) electrons. The number of hydrogen-bond donors (Lipinski definition) is 2. The molecule has 0 saturated heterocycles. The maximum Gasteiger partial charge on any atom is 0.324 e. The third kappa shape index (κ3) is 0.805. The number of aliphatic carboxylic acids is 1. The molecule has 0 aromatic rings. The Kier molecular flexibility index (Phi) is 1.27. The second kappa shape index (κ2) is 1.97. The van der Waals surface area contributed by atoms with Gasteiger partial charge in [-0.25, -0.2) is 0 Å². The fourth-order valence-corrected chi connectivity index (χ4v) is 2.35. The van der Waals surface area contributed by atoms with E-state index < -0.39 is 11.5 Å². The molecule has 2 unspecified atom stereocenters. The minimum absolute atomic E-state index is 0.561. The first-order valence-electron chi connectivity index (χ1n) is 4.00. The minimum atomic E-state index is -0.955. The van der Waals surface area contributed by atoms with E-state index in [0.717, 1.165) is 25.2 Å². The van der Waals surface area contributed by atoms with Crippen LogP contribution in [0.15, 0.2) is 0 Å². The maximum atomic E-state index is 10.8. The van der Waals surface area contributed by atoms with Crippen LogP contribution in [0.4, 0.5) is 0 Å². The zero-order valence-electron chi connectivity index (χ0n) is 6.34. The maximum absolute atomic E-state index is 10.8. The van der Waals surface area contributed by atoms with Crippen LogP contribution in [0.25, 0.3) is 0 Å². The van der Waals surface area contributed by atoms with E-state index in [1.54, 1.807) is 0 Å². The van der Waals surface area contributed by atoms with Crippen molar-refractivity contribution in [3.8, 4) is 0 Å². The van der Waals surface area contributed by atoms with Gasteiger partial charge in [-0.15, -0.1) is 0 Å². The van der Waals surface area contributed by atoms with E-state index in [9.17, 15) is 4.79 Å². The summed E-state index contributed by atoms with van der Waals surface area (Å²) in [5.74, 6) is 0.788. The van der Waals surface area contributed by atoms with E-state index in [1.807, 2.05) is 0 Å². The highest BCUT2D eigenvalue weighted by atomic mass is 16.4. The zero-order valence-corrected chi connectivity index (χ0v) is 6.34. The van der Waals surface area contributed by atoms with Crippen LogP contribution in [0, 0.1) is 11.8 Å². The van der Waals surface area contributed by atoms with Crippen LogP contribution in [0.2, 0.25) is 0 Å². The molecular weight excluding hydrogens is 142 g/mol. The molecule has 61 valence electrons. The number of carboxylic acids is 1. The molecule has 3 heteroatoms. The Hall–Kier alpha value is -0.570. The summed E-state index contributed by atoms with van der Waals surface area (Å²) in [4.78, 5) is 10.8. The van der Waals surface area contributed by atoms with E-state index in [2.05, 4.69) is 0 Å². The molecule has 11 heavy (non-hydrogen) atoms. The van der Waals surface area contributed by atoms with Crippen LogP contribution >= 0.6 is 0 Å². The van der Waals surface area contributed by atoms with Crippen molar-refractivity contribution in [3.05, 3.63) is 5.92 Å². The molecule has 0 amide bonds. The Morgan fingerprint density at radius 1 is 1.73 bits per heavy atom. The van der Waals surface area contributed by atoms with E-state index >= 15 is 0 Å². The Morgan fingerprint density at radius 2 is 2.45 bits per heavy atom. The fraction of sp³-hybridized carbons (Fsp3) is 0.750. The Labute approximate surface area is 65.6 Å². The van der Waals surface area contributed by atoms with Crippen molar-refractivity contribution in [1.82, 2.24) is 0 Å². The minimum Gasteiger partial charge on any atom is -0.480 e. The smallest absolute Gasteiger partial charge is 0.324 e. The summed E-state index contributed by atoms with van der Waals surface area (Å²) < 4.78 is 0. The SMILES string of the molecule is NC1(C(=O)O)CC2CC[C]1C2. The van der Waals surface area contributed by atoms with Crippen molar-refractivity contribution in [2.24, 2.45) is 11.7 Å². The molecule has 2 rings (SSSR count). The Bertz CT molecular complexity index is 204. The zero-order chi connectivity index (χ0) is 8.06. The van der Waals surface area contributed by atoms with Gasteiger partial charge in [-0.05, 0) is 31.6 Å². The van der Waals surface area contributed by atoms with Gasteiger partial charge in [0.2, 0.25) is 0 Å². The molecule has 3 nitrogen and oxygen atoms in total. The van der Waals surface area contributed by atoms with Crippen LogP contribution in [-0.2, 0) is 4.79 Å². The molecule has 0 aromatic carbocycles. The van der Waals surface area contributed by atoms with Gasteiger partial charge in [0.05, 0.1) is 0 Å². The van der Waals surface area contributed by atoms with E-state index in [-0.39, 0.29) is 0 Å². The fourth-order valence-electron chi connectivity index (χ4n) is 2.35. The molecule has 2 aliphatic carbocycles. The topological polar surface area (TPSA) is 63.3 Å². The Morgan fingerprint density at radius 3 is 2.73 bits per heavy atom. The number of carbonyl (C=O) groups is 1. The van der Waals surface area contributed by atoms with Crippen molar-refractivity contribution in [2.45, 2.75) is 31.2 Å². The summed E-state index contributed by atoms with van der Waals surface area (Å²) >= 11 is 0. The van der Waals surface area contributed by atoms with Crippen molar-refractivity contribution >= 4 is 5.97 Å². The van der Waals surface area contributed by atoms with Crippen molar-refractivity contribution in [2.75, 3.05) is 0 Å². The average Bonchev–Trinajstić information content (AvgIpc) is 2.45. The molecule has 0 aromatic heterocycles. The predicted octanol–water partition coefficient (Wildman–Crippen LogP) is 0.547. The van der Waals surface area contributed by atoms with E-state index in [1.165, 1.54) is 0 Å². The normalized spacial score (nSPS) is 43.2. The van der Waals surface area contributed by atoms with Crippen molar-refractivity contribution in [3.63, 3.8) is 0 Å². The van der Waals surface area contributed by atoms with Gasteiger partial charge in [0.15, 0.2) is 0 Å². The van der Waals surface area contributed by atoms with Gasteiger partial charge in [-0.1, -0.05) is 0 Å². The van der Waals surface area contributed by atoms with Gasteiger partial charge < -0.3 is 10.8 Å². The third-order valence-electron chi connectivity index (χ3n) is 3.01. The van der Waals surface area contributed by atoms with Crippen LogP contribution in [0.5, 0.6) is 0 Å². The van der Waals surface area contributed by atoms with Gasteiger partial charge in [0, 0.05) is 5.92 Å². The lowest BCUT2D eigenvalue weighted by Gasteiger charge is -2.28. The van der Waals surface area contributed by atoms with Crippen LogP contribution in [0.3, 0.4) is 0 Å². The molecule has 0 heterocycles. The van der Waals surface area contributed by atoms with E-state index in [4.69, 9.17) is 10.8 Å². The number of hydrogen-bond acceptors (Lipinski definition) is 2. The first-order valence-corrected chi connectivity index (χ1v) is 4.00. The third-order valence-corrected chi connectivity index (χ3v) is 3.01. The molecule has 0 aliphatic heterocycles. The van der Waals surface area contributed by atoms with Crippen LogP contribution in [-0.4, -0.2) is 16.6 Å². The highest BCUT2D eigenvalue weighted by Crippen LogP contribution is 2.51. The quantitative estimate of drug-likeness (QED) is 0.579. The Balaban J connectivity index is 2.23. The summed E-state index contributed by atoms with van der Waals surface area (Å²) in [6.07, 6.45) is 3.72. The summed E-state index contributed by atoms with van der Waals surface area (Å²) in [5.41, 5.74) is 4.80. The van der Waals surface area contributed by atoms with E-state index in [0.29, 0.717) is 12.3 Å². The molecule has 2 aliphatic rings. The number of carboxylic acid groups (broad SMARTS) is 1. The highest BCUT2D eigenvalue weighted by Gasteiger charge is 2.53. The van der Waals surface area contributed by atoms with Gasteiger partial charge in [0.25, 0.3) is 0 Å². The standard InChI is InChI=1S/C8H12NO2/c9-8(7(10)11)4-5-1-2-6(8)3-5/h5H,1-4,9H2,(H,10,11). The lowest BCUT2D eigenvalue weighted by atomic mass is 9.82. The van der Waals surface area contributed by atoms with Crippen molar-refractivity contribution in [1.29, 1.82) is 0 Å². The first kappa shape index (κ1) is 7.10. The average molecular weight is 154 g/mol. The number of fused-ring (bicyclic) bond motifs is 2. The highest BCUT2D eigenvalue weighted by molar-refractivity contribution is 5.83. The predicted molar refractivity (Wildman–Crippen MR) is 39.8 cm³/mol. The monoisotopic (exact) mass is 154 g/mol. The molecule has 2 bridgehead atoms.